The van der Waals surface area contributed by atoms with E-state index in [1.165, 1.54) is 10.4 Å². The lowest BCUT2D eigenvalue weighted by molar-refractivity contribution is 0.450. The molecule has 0 bridgehead atoms. The minimum absolute atomic E-state index is 0.181. The van der Waals surface area contributed by atoms with Crippen LogP contribution in [0.15, 0.2) is 23.1 Å². The number of sulfonamides is 2. The first kappa shape index (κ1) is 18.1. The van der Waals surface area contributed by atoms with Gasteiger partial charge in [0.05, 0.1) is 16.8 Å². The van der Waals surface area contributed by atoms with Crippen LogP contribution in [0.4, 0.5) is 10.1 Å². The summed E-state index contributed by atoms with van der Waals surface area (Å²) < 4.78 is 64.6. The monoisotopic (exact) mass is 365 g/mol. The number of rotatable bonds is 6. The molecule has 23 heavy (non-hydrogen) atoms. The first-order valence-electron chi connectivity index (χ1n) is 7.05. The fourth-order valence-corrected chi connectivity index (χ4v) is 4.67. The number of hydrogen-bond donors (Lipinski definition) is 2. The Balaban J connectivity index is 2.23. The van der Waals surface area contributed by atoms with Crippen LogP contribution < -0.4 is 10.0 Å². The Bertz CT molecular complexity index is 780. The van der Waals surface area contributed by atoms with Crippen molar-refractivity contribution in [3.05, 3.63) is 24.0 Å². The van der Waals surface area contributed by atoms with Crippen LogP contribution in [0, 0.1) is 11.7 Å². The highest BCUT2D eigenvalue weighted by molar-refractivity contribution is 7.92. The molecule has 0 amide bonds. The van der Waals surface area contributed by atoms with E-state index in [1.54, 1.807) is 7.05 Å². The van der Waals surface area contributed by atoms with Crippen LogP contribution in [0.2, 0.25) is 0 Å². The van der Waals surface area contributed by atoms with Gasteiger partial charge in [-0.1, -0.05) is 0 Å². The van der Waals surface area contributed by atoms with E-state index in [0.29, 0.717) is 13.1 Å². The lowest BCUT2D eigenvalue weighted by atomic mass is 10.1. The molecule has 10 heteroatoms. The predicted molar refractivity (Wildman–Crippen MR) is 85.7 cm³/mol. The molecule has 1 aromatic rings. The quantitative estimate of drug-likeness (QED) is 0.762. The van der Waals surface area contributed by atoms with Gasteiger partial charge in [0, 0.05) is 13.1 Å². The minimum atomic E-state index is -3.78. The summed E-state index contributed by atoms with van der Waals surface area (Å²) in [4.78, 5) is -0.181. The van der Waals surface area contributed by atoms with Crippen LogP contribution in [0.5, 0.6) is 0 Å². The number of benzene rings is 1. The van der Waals surface area contributed by atoms with Crippen molar-refractivity contribution in [2.45, 2.75) is 11.3 Å². The number of halogens is 1. The number of nitrogens with one attached hydrogen (secondary N) is 2. The Hall–Kier alpha value is -1.23. The number of nitrogens with zero attached hydrogens (tertiary/aromatic N) is 1. The van der Waals surface area contributed by atoms with Gasteiger partial charge >= 0.3 is 0 Å². The lowest BCUT2D eigenvalue weighted by Crippen LogP contribution is -2.30. The second kappa shape index (κ2) is 6.71. The molecule has 0 radical (unpaired) electrons. The zero-order valence-electron chi connectivity index (χ0n) is 12.9. The van der Waals surface area contributed by atoms with Crippen LogP contribution in [0.25, 0.3) is 0 Å². The van der Waals surface area contributed by atoms with Crippen molar-refractivity contribution in [2.24, 2.45) is 5.92 Å². The molecule has 0 spiro atoms. The first-order chi connectivity index (χ1) is 10.6. The van der Waals surface area contributed by atoms with Crippen molar-refractivity contribution in [1.82, 2.24) is 9.62 Å². The summed E-state index contributed by atoms with van der Waals surface area (Å²) >= 11 is 0. The van der Waals surface area contributed by atoms with Crippen molar-refractivity contribution in [2.75, 3.05) is 37.7 Å². The van der Waals surface area contributed by atoms with E-state index in [1.807, 2.05) is 4.72 Å². The molecule has 0 aromatic heterocycles. The van der Waals surface area contributed by atoms with Crippen LogP contribution in [-0.2, 0) is 20.0 Å². The molecule has 1 aliphatic rings. The summed E-state index contributed by atoms with van der Waals surface area (Å²) in [5.41, 5.74) is -0.277. The highest BCUT2D eigenvalue weighted by atomic mass is 32.2. The van der Waals surface area contributed by atoms with Crippen LogP contribution in [0.3, 0.4) is 0 Å². The summed E-state index contributed by atoms with van der Waals surface area (Å²) in [6.07, 6.45) is 1.64. The zero-order valence-corrected chi connectivity index (χ0v) is 14.5. The standard InChI is InChI=1S/C13H20FN3O4S2/c1-15-8-10-5-6-17(9-10)23(20,21)11-3-4-13(12(14)7-11)16-22(2,18)19/h3-4,7,10,15-16H,5-6,8-9H2,1-2H3. The number of anilines is 1. The van der Waals surface area contributed by atoms with Crippen molar-refractivity contribution >= 4 is 25.7 Å². The average molecular weight is 365 g/mol. The Morgan fingerprint density at radius 1 is 1.30 bits per heavy atom. The Morgan fingerprint density at radius 3 is 2.57 bits per heavy atom. The highest BCUT2D eigenvalue weighted by Crippen LogP contribution is 2.26. The van der Waals surface area contributed by atoms with E-state index in [-0.39, 0.29) is 16.5 Å². The van der Waals surface area contributed by atoms with E-state index < -0.39 is 25.9 Å². The summed E-state index contributed by atoms with van der Waals surface area (Å²) in [6, 6.07) is 3.16. The molecule has 2 N–H and O–H groups in total. The first-order valence-corrected chi connectivity index (χ1v) is 10.4. The smallest absolute Gasteiger partial charge is 0.243 e. The maximum atomic E-state index is 14.0. The summed E-state index contributed by atoms with van der Waals surface area (Å²) in [5, 5.41) is 3.01. The molecule has 7 nitrogen and oxygen atoms in total. The molecule has 0 saturated carbocycles. The Labute approximate surface area is 136 Å². The minimum Gasteiger partial charge on any atom is -0.319 e. The highest BCUT2D eigenvalue weighted by Gasteiger charge is 2.32. The van der Waals surface area contributed by atoms with Crippen molar-refractivity contribution in [1.29, 1.82) is 0 Å². The fraction of sp³-hybridized carbons (Fsp3) is 0.538. The molecule has 2 rings (SSSR count). The molecule has 1 heterocycles. The summed E-state index contributed by atoms with van der Waals surface area (Å²) in [5.74, 6) is -0.701. The van der Waals surface area contributed by atoms with Gasteiger partial charge in [-0.3, -0.25) is 4.72 Å². The van der Waals surface area contributed by atoms with Gasteiger partial charge in [0.2, 0.25) is 20.0 Å². The topological polar surface area (TPSA) is 95.6 Å². The maximum absolute atomic E-state index is 14.0. The van der Waals surface area contributed by atoms with Gasteiger partial charge < -0.3 is 5.32 Å². The molecule has 1 unspecified atom stereocenters. The normalized spacial score (nSPS) is 19.9. The van der Waals surface area contributed by atoms with E-state index in [4.69, 9.17) is 0 Å². The molecule has 1 aliphatic heterocycles. The largest absolute Gasteiger partial charge is 0.319 e. The SMILES string of the molecule is CNCC1CCN(S(=O)(=O)c2ccc(NS(C)(=O)=O)c(F)c2)C1. The van der Waals surface area contributed by atoms with Gasteiger partial charge in [0.15, 0.2) is 0 Å². The summed E-state index contributed by atoms with van der Waals surface area (Å²) in [7, 11) is -5.61. The van der Waals surface area contributed by atoms with Gasteiger partial charge in [-0.2, -0.15) is 4.31 Å². The van der Waals surface area contributed by atoms with Gasteiger partial charge in [0.1, 0.15) is 5.82 Å². The molecule has 0 aliphatic carbocycles. The van der Waals surface area contributed by atoms with Crippen molar-refractivity contribution in [3.63, 3.8) is 0 Å². The molecule has 1 aromatic carbocycles. The third kappa shape index (κ3) is 4.40. The van der Waals surface area contributed by atoms with E-state index >= 15 is 0 Å². The predicted octanol–water partition coefficient (Wildman–Crippen LogP) is 0.427. The van der Waals surface area contributed by atoms with Crippen LogP contribution in [0.1, 0.15) is 6.42 Å². The second-order valence-electron chi connectivity index (χ2n) is 5.59. The van der Waals surface area contributed by atoms with E-state index in [9.17, 15) is 21.2 Å². The van der Waals surface area contributed by atoms with E-state index in [0.717, 1.165) is 31.4 Å². The average Bonchev–Trinajstić information content (AvgIpc) is 2.89. The molecule has 1 fully saturated rings. The van der Waals surface area contributed by atoms with Gasteiger partial charge in [-0.05, 0) is 44.1 Å². The molecular formula is C13H20FN3O4S2. The van der Waals surface area contributed by atoms with Crippen molar-refractivity contribution in [3.8, 4) is 0 Å². The van der Waals surface area contributed by atoms with Crippen LogP contribution in [-0.4, -0.2) is 54.1 Å². The van der Waals surface area contributed by atoms with Crippen LogP contribution >= 0.6 is 0 Å². The van der Waals surface area contributed by atoms with Gasteiger partial charge in [-0.15, -0.1) is 0 Å². The van der Waals surface area contributed by atoms with E-state index in [2.05, 4.69) is 5.32 Å². The molecule has 1 saturated heterocycles. The molecule has 1 atom stereocenters. The number of hydrogen-bond acceptors (Lipinski definition) is 5. The van der Waals surface area contributed by atoms with Crippen molar-refractivity contribution < 1.29 is 21.2 Å². The fourth-order valence-electron chi connectivity index (χ4n) is 2.56. The molecule has 130 valence electrons. The third-order valence-corrected chi connectivity index (χ3v) is 6.07. The van der Waals surface area contributed by atoms with Gasteiger partial charge in [-0.25, -0.2) is 21.2 Å². The maximum Gasteiger partial charge on any atom is 0.243 e. The Kier molecular flexibility index (Phi) is 5.29. The second-order valence-corrected chi connectivity index (χ2v) is 9.28. The molecular weight excluding hydrogens is 345 g/mol. The zero-order chi connectivity index (χ0) is 17.3. The Morgan fingerprint density at radius 2 is 2.00 bits per heavy atom. The summed E-state index contributed by atoms with van der Waals surface area (Å²) in [6.45, 7) is 1.49. The van der Waals surface area contributed by atoms with Gasteiger partial charge in [0.25, 0.3) is 0 Å². The third-order valence-electron chi connectivity index (χ3n) is 3.62. The lowest BCUT2D eigenvalue weighted by Gasteiger charge is -2.17.